The lowest BCUT2D eigenvalue weighted by molar-refractivity contribution is 0.174. The highest BCUT2D eigenvalue weighted by molar-refractivity contribution is 5.79. The largest absolute Gasteiger partial charge is 0.454 e. The van der Waals surface area contributed by atoms with Gasteiger partial charge in [-0.1, -0.05) is 5.10 Å². The van der Waals surface area contributed by atoms with Gasteiger partial charge >= 0.3 is 6.01 Å². The number of aryl methyl sites for hydroxylation is 1. The molecule has 0 fully saturated rings. The van der Waals surface area contributed by atoms with E-state index in [0.29, 0.717) is 23.3 Å². The first-order chi connectivity index (χ1) is 12.3. The van der Waals surface area contributed by atoms with Crippen molar-refractivity contribution in [2.75, 3.05) is 12.1 Å². The average molecular weight is 336 g/mol. The van der Waals surface area contributed by atoms with E-state index in [0.717, 1.165) is 22.3 Å². The Morgan fingerprint density at radius 2 is 2.04 bits per heavy atom. The minimum atomic E-state index is 0.218. The molecule has 0 bridgehead atoms. The second-order valence-corrected chi connectivity index (χ2v) is 5.48. The molecule has 0 aliphatic carbocycles. The number of benzene rings is 1. The van der Waals surface area contributed by atoms with Gasteiger partial charge < -0.3 is 18.9 Å². The smallest absolute Gasteiger partial charge is 0.322 e. The van der Waals surface area contributed by atoms with Crippen LogP contribution in [0.3, 0.4) is 0 Å². The zero-order valence-corrected chi connectivity index (χ0v) is 13.1. The summed E-state index contributed by atoms with van der Waals surface area (Å²) in [5.41, 5.74) is 3.26. The molecule has 25 heavy (non-hydrogen) atoms. The molecule has 124 valence electrons. The Hall–Kier alpha value is -3.62. The van der Waals surface area contributed by atoms with Crippen LogP contribution in [0, 0.1) is 6.92 Å². The molecule has 0 saturated carbocycles. The van der Waals surface area contributed by atoms with Crippen molar-refractivity contribution in [2.45, 2.75) is 6.92 Å². The molecule has 4 heterocycles. The number of nitrogens with one attached hydrogen (secondary N) is 2. The lowest BCUT2D eigenvalue weighted by Crippen LogP contribution is -1.92. The van der Waals surface area contributed by atoms with Crippen molar-refractivity contribution < 1.29 is 13.9 Å². The quantitative estimate of drug-likeness (QED) is 0.587. The van der Waals surface area contributed by atoms with Crippen molar-refractivity contribution in [3.8, 4) is 23.0 Å². The summed E-state index contributed by atoms with van der Waals surface area (Å²) < 4.78 is 16.3. The van der Waals surface area contributed by atoms with Gasteiger partial charge in [-0.05, 0) is 31.2 Å². The fourth-order valence-electron chi connectivity index (χ4n) is 2.65. The van der Waals surface area contributed by atoms with Crippen molar-refractivity contribution in [3.63, 3.8) is 0 Å². The van der Waals surface area contributed by atoms with Crippen molar-refractivity contribution in [3.05, 3.63) is 36.2 Å². The number of fused-ring (bicyclic) bond motifs is 2. The maximum atomic E-state index is 5.65. The van der Waals surface area contributed by atoms with Crippen LogP contribution in [-0.4, -0.2) is 31.9 Å². The Bertz CT molecular complexity index is 1090. The van der Waals surface area contributed by atoms with Crippen LogP contribution in [0.1, 0.15) is 5.69 Å². The third-order valence-electron chi connectivity index (χ3n) is 3.85. The summed E-state index contributed by atoms with van der Waals surface area (Å²) >= 11 is 0. The van der Waals surface area contributed by atoms with E-state index in [4.69, 9.17) is 13.9 Å². The monoisotopic (exact) mass is 336 g/mol. The van der Waals surface area contributed by atoms with Gasteiger partial charge in [0.25, 0.3) is 0 Å². The van der Waals surface area contributed by atoms with Crippen molar-refractivity contribution >= 4 is 23.0 Å². The number of anilines is 2. The number of aromatic amines is 1. The van der Waals surface area contributed by atoms with Crippen LogP contribution < -0.4 is 14.8 Å². The molecule has 9 nitrogen and oxygen atoms in total. The van der Waals surface area contributed by atoms with Crippen LogP contribution in [-0.2, 0) is 0 Å². The van der Waals surface area contributed by atoms with Crippen molar-refractivity contribution in [1.29, 1.82) is 0 Å². The molecule has 0 amide bonds. The zero-order chi connectivity index (χ0) is 16.8. The van der Waals surface area contributed by atoms with Gasteiger partial charge in [-0.2, -0.15) is 0 Å². The SMILES string of the molecule is Cc1nccc2[nH]c(Nc3nnc(-c4ccc5c(c4)OCO5)o3)nc12. The third-order valence-corrected chi connectivity index (χ3v) is 3.85. The Balaban J connectivity index is 1.43. The molecule has 0 unspecified atom stereocenters. The van der Waals surface area contributed by atoms with Gasteiger partial charge in [-0.15, -0.1) is 5.10 Å². The first-order valence-corrected chi connectivity index (χ1v) is 7.58. The van der Waals surface area contributed by atoms with Crippen LogP contribution in [0.5, 0.6) is 11.5 Å². The number of nitrogens with zero attached hydrogens (tertiary/aromatic N) is 4. The van der Waals surface area contributed by atoms with Gasteiger partial charge in [-0.3, -0.25) is 10.3 Å². The van der Waals surface area contributed by atoms with Crippen LogP contribution in [0.15, 0.2) is 34.9 Å². The highest BCUT2D eigenvalue weighted by Gasteiger charge is 2.17. The summed E-state index contributed by atoms with van der Waals surface area (Å²) in [6, 6.07) is 7.53. The maximum Gasteiger partial charge on any atom is 0.322 e. The van der Waals surface area contributed by atoms with Gasteiger partial charge in [0.15, 0.2) is 11.5 Å². The van der Waals surface area contributed by atoms with E-state index < -0.39 is 0 Å². The number of hydrogen-bond acceptors (Lipinski definition) is 8. The van der Waals surface area contributed by atoms with E-state index in [9.17, 15) is 0 Å². The Morgan fingerprint density at radius 1 is 1.12 bits per heavy atom. The lowest BCUT2D eigenvalue weighted by atomic mass is 10.2. The zero-order valence-electron chi connectivity index (χ0n) is 13.1. The van der Waals surface area contributed by atoms with Crippen molar-refractivity contribution in [2.24, 2.45) is 0 Å². The minimum absolute atomic E-state index is 0.218. The predicted octanol–water partition coefficient (Wildman–Crippen LogP) is 2.79. The standard InChI is InChI=1S/C16H12N6O3/c1-8-13-10(4-5-17-8)18-15(19-13)20-16-22-21-14(25-16)9-2-3-11-12(6-9)24-7-23-11/h2-6H,7H2,1H3,(H2,18,19,20,22). The van der Waals surface area contributed by atoms with Gasteiger partial charge in [0.1, 0.15) is 5.52 Å². The van der Waals surface area contributed by atoms with Gasteiger partial charge in [-0.25, -0.2) is 4.98 Å². The highest BCUT2D eigenvalue weighted by Crippen LogP contribution is 2.35. The molecule has 0 radical (unpaired) electrons. The van der Waals surface area contributed by atoms with Gasteiger partial charge in [0, 0.05) is 11.8 Å². The Morgan fingerprint density at radius 3 is 2.96 bits per heavy atom. The summed E-state index contributed by atoms with van der Waals surface area (Å²) in [4.78, 5) is 11.8. The molecule has 9 heteroatoms. The first kappa shape index (κ1) is 13.8. The number of rotatable bonds is 3. The Labute approximate surface area is 141 Å². The maximum absolute atomic E-state index is 5.65. The second kappa shape index (κ2) is 5.20. The molecule has 5 rings (SSSR count). The number of hydrogen-bond donors (Lipinski definition) is 2. The first-order valence-electron chi connectivity index (χ1n) is 7.58. The predicted molar refractivity (Wildman–Crippen MR) is 87.8 cm³/mol. The fourth-order valence-corrected chi connectivity index (χ4v) is 2.65. The number of aromatic nitrogens is 5. The van der Waals surface area contributed by atoms with E-state index in [1.165, 1.54) is 0 Å². The average Bonchev–Trinajstić information content (AvgIpc) is 3.33. The molecule has 0 saturated heterocycles. The van der Waals surface area contributed by atoms with Gasteiger partial charge in [0.2, 0.25) is 18.6 Å². The molecule has 0 spiro atoms. The number of pyridine rings is 1. The summed E-state index contributed by atoms with van der Waals surface area (Å²) in [6.07, 6.45) is 1.73. The van der Waals surface area contributed by atoms with Crippen LogP contribution >= 0.6 is 0 Å². The molecular weight excluding hydrogens is 324 g/mol. The van der Waals surface area contributed by atoms with Gasteiger partial charge in [0.05, 0.1) is 11.2 Å². The second-order valence-electron chi connectivity index (χ2n) is 5.48. The molecular formula is C16H12N6O3. The van der Waals surface area contributed by atoms with Crippen LogP contribution in [0.2, 0.25) is 0 Å². The summed E-state index contributed by atoms with van der Waals surface area (Å²) in [7, 11) is 0. The molecule has 3 aromatic heterocycles. The molecule has 1 aliphatic heterocycles. The highest BCUT2D eigenvalue weighted by atomic mass is 16.7. The summed E-state index contributed by atoms with van der Waals surface area (Å²) in [5.74, 6) is 2.24. The topological polar surface area (TPSA) is 111 Å². The minimum Gasteiger partial charge on any atom is -0.454 e. The van der Waals surface area contributed by atoms with E-state index in [-0.39, 0.29) is 12.8 Å². The van der Waals surface area contributed by atoms with E-state index >= 15 is 0 Å². The van der Waals surface area contributed by atoms with E-state index in [2.05, 4.69) is 30.5 Å². The number of H-pyrrole nitrogens is 1. The molecule has 4 aromatic rings. The molecule has 1 aromatic carbocycles. The number of imidazole rings is 1. The molecule has 1 aliphatic rings. The Kier molecular flexibility index (Phi) is 2.87. The fraction of sp³-hybridized carbons (Fsp3) is 0.125. The van der Waals surface area contributed by atoms with E-state index in [1.807, 2.05) is 25.1 Å². The van der Waals surface area contributed by atoms with Crippen LogP contribution in [0.25, 0.3) is 22.5 Å². The van der Waals surface area contributed by atoms with Crippen molar-refractivity contribution in [1.82, 2.24) is 25.1 Å². The third kappa shape index (κ3) is 2.33. The summed E-state index contributed by atoms with van der Waals surface area (Å²) in [6.45, 7) is 2.12. The molecule has 2 N–H and O–H groups in total. The number of ether oxygens (including phenoxy) is 2. The molecule has 0 atom stereocenters. The normalized spacial score (nSPS) is 12.7. The van der Waals surface area contributed by atoms with Crippen LogP contribution in [0.4, 0.5) is 12.0 Å². The summed E-state index contributed by atoms with van der Waals surface area (Å²) in [5, 5.41) is 11.0. The lowest BCUT2D eigenvalue weighted by Gasteiger charge is -1.98. The van der Waals surface area contributed by atoms with E-state index in [1.54, 1.807) is 12.3 Å².